The monoisotopic (exact) mass is 764 g/mol. The highest BCUT2D eigenvalue weighted by atomic mass is 16.3. The Morgan fingerprint density at radius 2 is 0.650 bits per heavy atom. The third-order valence-electron chi connectivity index (χ3n) is 12.1. The van der Waals surface area contributed by atoms with Gasteiger partial charge in [-0.3, -0.25) is 0 Å². The van der Waals surface area contributed by atoms with Crippen LogP contribution in [0.1, 0.15) is 22.6 Å². The summed E-state index contributed by atoms with van der Waals surface area (Å²) in [6.45, 7) is 0. The molecule has 60 heavy (non-hydrogen) atoms. The summed E-state index contributed by atoms with van der Waals surface area (Å²) in [7, 11) is 0. The first-order valence-corrected chi connectivity index (χ1v) is 20.7. The zero-order valence-corrected chi connectivity index (χ0v) is 33.0. The predicted molar refractivity (Wildman–Crippen MR) is 252 cm³/mol. The van der Waals surface area contributed by atoms with Gasteiger partial charge in [0, 0.05) is 16.7 Å². The molecule has 0 fully saturated rings. The minimum atomic E-state index is 0.0267. The van der Waals surface area contributed by atoms with Crippen LogP contribution in [0.3, 0.4) is 0 Å². The minimum Gasteiger partial charge on any atom is -0.456 e. The van der Waals surface area contributed by atoms with Crippen LogP contribution in [0.4, 0.5) is 0 Å². The van der Waals surface area contributed by atoms with Gasteiger partial charge in [-0.2, -0.15) is 0 Å². The number of hydrogen-bond donors (Lipinski definition) is 0. The van der Waals surface area contributed by atoms with Crippen LogP contribution in [0.2, 0.25) is 0 Å². The summed E-state index contributed by atoms with van der Waals surface area (Å²) in [5, 5.41) is 4.83. The van der Waals surface area contributed by atoms with Crippen molar-refractivity contribution < 1.29 is 4.42 Å². The van der Waals surface area contributed by atoms with Crippen LogP contribution >= 0.6 is 0 Å². The number of fused-ring (bicyclic) bond motifs is 4. The van der Waals surface area contributed by atoms with Crippen molar-refractivity contribution in [1.29, 1.82) is 0 Å². The predicted octanol–water partition coefficient (Wildman–Crippen LogP) is 16.3. The van der Waals surface area contributed by atoms with E-state index in [1.165, 1.54) is 77.5 Å². The number of rotatable bonds is 8. The molecule has 0 radical (unpaired) electrons. The number of benzene rings is 10. The van der Waals surface area contributed by atoms with Crippen molar-refractivity contribution in [1.82, 2.24) is 0 Å². The van der Waals surface area contributed by atoms with Gasteiger partial charge in [0.15, 0.2) is 0 Å². The van der Waals surface area contributed by atoms with Crippen LogP contribution in [-0.2, 0) is 0 Å². The maximum absolute atomic E-state index is 6.20. The van der Waals surface area contributed by atoms with E-state index in [4.69, 9.17) is 4.42 Å². The Balaban J connectivity index is 0.942. The van der Waals surface area contributed by atoms with Gasteiger partial charge in [0.1, 0.15) is 11.2 Å². The van der Waals surface area contributed by atoms with E-state index in [9.17, 15) is 0 Å². The van der Waals surface area contributed by atoms with Crippen LogP contribution in [0.25, 0.3) is 88.3 Å². The molecule has 0 aliphatic rings. The summed E-state index contributed by atoms with van der Waals surface area (Å²) in [4.78, 5) is 0. The van der Waals surface area contributed by atoms with E-state index in [2.05, 4.69) is 224 Å². The molecule has 11 aromatic rings. The lowest BCUT2D eigenvalue weighted by Gasteiger charge is -2.23. The second-order valence-electron chi connectivity index (χ2n) is 15.6. The Labute approximate surface area is 350 Å². The van der Waals surface area contributed by atoms with Crippen molar-refractivity contribution in [2.45, 2.75) is 5.92 Å². The lowest BCUT2D eigenvalue weighted by molar-refractivity contribution is 0.669. The van der Waals surface area contributed by atoms with Crippen LogP contribution in [0.15, 0.2) is 241 Å². The van der Waals surface area contributed by atoms with E-state index in [-0.39, 0.29) is 5.92 Å². The topological polar surface area (TPSA) is 13.1 Å². The molecule has 11 rings (SSSR count). The standard InChI is InChI=1S/C59H40O/c1-3-11-40(12-4-1)41-19-21-42(22-20-41)44-27-31-48(32-28-44)59(56-38-37-51(47-13-5-2-6-14-47)52-15-7-8-16-53(52)56)49-33-29-45(30-34-49)43-23-25-46(26-24-43)50-35-36-55-54-17-9-10-18-57(54)60-58(55)39-50/h1-39,59H. The Morgan fingerprint density at radius 1 is 0.250 bits per heavy atom. The van der Waals surface area contributed by atoms with Gasteiger partial charge in [-0.15, -0.1) is 0 Å². The van der Waals surface area contributed by atoms with Crippen molar-refractivity contribution in [2.24, 2.45) is 0 Å². The van der Waals surface area contributed by atoms with Gasteiger partial charge in [-0.25, -0.2) is 0 Å². The minimum absolute atomic E-state index is 0.0267. The quantitative estimate of drug-likeness (QED) is 0.140. The number of para-hydroxylation sites is 1. The van der Waals surface area contributed by atoms with Gasteiger partial charge in [0.25, 0.3) is 0 Å². The molecule has 1 nitrogen and oxygen atoms in total. The zero-order chi connectivity index (χ0) is 39.8. The largest absolute Gasteiger partial charge is 0.456 e. The van der Waals surface area contributed by atoms with E-state index < -0.39 is 0 Å². The first kappa shape index (κ1) is 35.4. The maximum atomic E-state index is 6.20. The summed E-state index contributed by atoms with van der Waals surface area (Å²) in [5.41, 5.74) is 17.7. The van der Waals surface area contributed by atoms with Gasteiger partial charge in [0.2, 0.25) is 0 Å². The fraction of sp³-hybridized carbons (Fsp3) is 0.0169. The second kappa shape index (κ2) is 15.2. The molecule has 1 heteroatoms. The Hall–Kier alpha value is -7.74. The summed E-state index contributed by atoms with van der Waals surface area (Å²) in [6.07, 6.45) is 0. The Kier molecular flexibility index (Phi) is 8.98. The van der Waals surface area contributed by atoms with Gasteiger partial charge in [0.05, 0.1) is 0 Å². The highest BCUT2D eigenvalue weighted by molar-refractivity contribution is 6.06. The van der Waals surface area contributed by atoms with E-state index in [1.807, 2.05) is 12.1 Å². The lowest BCUT2D eigenvalue weighted by atomic mass is 9.80. The van der Waals surface area contributed by atoms with Gasteiger partial charge in [-0.1, -0.05) is 218 Å². The summed E-state index contributed by atoms with van der Waals surface area (Å²) in [5.74, 6) is 0.0267. The van der Waals surface area contributed by atoms with Gasteiger partial charge < -0.3 is 4.42 Å². The first-order valence-electron chi connectivity index (χ1n) is 20.7. The Bertz CT molecular complexity index is 3250. The molecule has 1 aromatic heterocycles. The molecule has 0 N–H and O–H groups in total. The highest BCUT2D eigenvalue weighted by Gasteiger charge is 2.21. The molecule has 0 saturated heterocycles. The smallest absolute Gasteiger partial charge is 0.136 e. The van der Waals surface area contributed by atoms with E-state index in [0.29, 0.717) is 0 Å². The first-order chi connectivity index (χ1) is 29.7. The number of furan rings is 1. The normalized spacial score (nSPS) is 11.9. The van der Waals surface area contributed by atoms with Crippen molar-refractivity contribution in [3.63, 3.8) is 0 Å². The highest BCUT2D eigenvalue weighted by Crippen LogP contribution is 2.41. The molecule has 1 unspecified atom stereocenters. The van der Waals surface area contributed by atoms with Crippen molar-refractivity contribution in [2.75, 3.05) is 0 Å². The third-order valence-corrected chi connectivity index (χ3v) is 12.1. The SMILES string of the molecule is c1ccc(-c2ccc(-c3ccc(C(c4ccc(-c5ccc(-c6ccc7c(c6)oc6ccccc67)cc5)cc4)c4ccc(-c5ccccc5)c5ccccc45)cc3)cc2)cc1. The molecule has 0 bridgehead atoms. The summed E-state index contributed by atoms with van der Waals surface area (Å²) < 4.78 is 6.20. The molecule has 0 aliphatic carbocycles. The molecule has 10 aromatic carbocycles. The van der Waals surface area contributed by atoms with E-state index in [0.717, 1.165) is 27.5 Å². The molecule has 0 amide bonds. The van der Waals surface area contributed by atoms with Crippen LogP contribution in [0, 0.1) is 0 Å². The number of hydrogen-bond acceptors (Lipinski definition) is 1. The van der Waals surface area contributed by atoms with E-state index >= 15 is 0 Å². The average molecular weight is 765 g/mol. The Morgan fingerprint density at radius 3 is 1.22 bits per heavy atom. The average Bonchev–Trinajstić information content (AvgIpc) is 3.71. The lowest BCUT2D eigenvalue weighted by Crippen LogP contribution is -2.05. The fourth-order valence-corrected chi connectivity index (χ4v) is 8.98. The van der Waals surface area contributed by atoms with Crippen LogP contribution in [0.5, 0.6) is 0 Å². The van der Waals surface area contributed by atoms with Gasteiger partial charge >= 0.3 is 0 Å². The van der Waals surface area contributed by atoms with Gasteiger partial charge in [-0.05, 0) is 101 Å². The van der Waals surface area contributed by atoms with Crippen LogP contribution < -0.4 is 0 Å². The summed E-state index contributed by atoms with van der Waals surface area (Å²) in [6, 6.07) is 85.8. The second-order valence-corrected chi connectivity index (χ2v) is 15.6. The molecule has 1 heterocycles. The molecule has 1 atom stereocenters. The molecule has 0 aliphatic heterocycles. The molecular formula is C59H40O. The molecule has 282 valence electrons. The zero-order valence-electron chi connectivity index (χ0n) is 33.0. The fourth-order valence-electron chi connectivity index (χ4n) is 8.98. The molecule has 0 saturated carbocycles. The van der Waals surface area contributed by atoms with Crippen molar-refractivity contribution in [3.05, 3.63) is 253 Å². The van der Waals surface area contributed by atoms with E-state index in [1.54, 1.807) is 0 Å². The molecular weight excluding hydrogens is 725 g/mol. The van der Waals surface area contributed by atoms with Crippen molar-refractivity contribution >= 4 is 32.7 Å². The van der Waals surface area contributed by atoms with Crippen LogP contribution in [-0.4, -0.2) is 0 Å². The molecule has 0 spiro atoms. The maximum Gasteiger partial charge on any atom is 0.136 e. The third kappa shape index (κ3) is 6.57. The van der Waals surface area contributed by atoms with Crippen molar-refractivity contribution in [3.8, 4) is 55.6 Å². The summed E-state index contributed by atoms with van der Waals surface area (Å²) >= 11 is 0.